The molecule has 0 amide bonds. The highest BCUT2D eigenvalue weighted by atomic mass is 16.5. The van der Waals surface area contributed by atoms with Crippen LogP contribution in [0.25, 0.3) is 0 Å². The lowest BCUT2D eigenvalue weighted by Gasteiger charge is -2.30. The highest BCUT2D eigenvalue weighted by Crippen LogP contribution is 2.10. The maximum Gasteiger partial charge on any atom is 0.0589 e. The average Bonchev–Trinajstić information content (AvgIpc) is 2.40. The highest BCUT2D eigenvalue weighted by Gasteiger charge is 2.16. The molecule has 0 aromatic rings. The Morgan fingerprint density at radius 3 is 2.06 bits per heavy atom. The third-order valence-electron chi connectivity index (χ3n) is 3.34. The van der Waals surface area contributed by atoms with Gasteiger partial charge in [0.1, 0.15) is 0 Å². The second kappa shape index (κ2) is 13.3. The quantitative estimate of drug-likeness (QED) is 0.514. The second-order valence-corrected chi connectivity index (χ2v) is 4.76. The number of methoxy groups -OCH3 is 2. The van der Waals surface area contributed by atoms with Crippen LogP contribution in [0.5, 0.6) is 0 Å². The lowest BCUT2D eigenvalue weighted by Crippen LogP contribution is -2.44. The lowest BCUT2D eigenvalue weighted by atomic mass is 10.1. The van der Waals surface area contributed by atoms with Gasteiger partial charge in [0.25, 0.3) is 0 Å². The minimum Gasteiger partial charge on any atom is -0.383 e. The Bertz CT molecular complexity index is 160. The summed E-state index contributed by atoms with van der Waals surface area (Å²) in [6, 6.07) is 0.465. The molecule has 0 heterocycles. The number of ether oxygens (including phenoxy) is 2. The minimum atomic E-state index is 0.465. The maximum absolute atomic E-state index is 5.91. The number of unbranched alkanes of at least 4 members (excludes halogenated alkanes) is 3. The minimum absolute atomic E-state index is 0.465. The van der Waals surface area contributed by atoms with E-state index >= 15 is 0 Å². The van der Waals surface area contributed by atoms with E-state index < -0.39 is 0 Å². The maximum atomic E-state index is 5.91. The first-order chi connectivity index (χ1) is 8.79. The Labute approximate surface area is 113 Å². The van der Waals surface area contributed by atoms with Crippen LogP contribution in [-0.2, 0) is 9.47 Å². The zero-order chi connectivity index (χ0) is 13.6. The molecular formula is C14H32N2O2. The van der Waals surface area contributed by atoms with Crippen LogP contribution in [0.2, 0.25) is 0 Å². The summed E-state index contributed by atoms with van der Waals surface area (Å²) in [6.45, 7) is 6.36. The molecule has 4 nitrogen and oxygen atoms in total. The molecule has 0 aromatic heterocycles. The van der Waals surface area contributed by atoms with Crippen molar-refractivity contribution in [2.45, 2.75) is 45.1 Å². The fourth-order valence-electron chi connectivity index (χ4n) is 2.15. The largest absolute Gasteiger partial charge is 0.383 e. The van der Waals surface area contributed by atoms with E-state index in [0.29, 0.717) is 6.04 Å². The molecule has 18 heavy (non-hydrogen) atoms. The van der Waals surface area contributed by atoms with Crippen LogP contribution in [0, 0.1) is 0 Å². The van der Waals surface area contributed by atoms with Crippen LogP contribution in [0.4, 0.5) is 0 Å². The van der Waals surface area contributed by atoms with Gasteiger partial charge in [-0.1, -0.05) is 32.6 Å². The van der Waals surface area contributed by atoms with Gasteiger partial charge in [-0.25, -0.2) is 0 Å². The van der Waals surface area contributed by atoms with Crippen molar-refractivity contribution < 1.29 is 9.47 Å². The molecule has 0 fully saturated rings. The molecule has 4 heteroatoms. The molecular weight excluding hydrogens is 228 g/mol. The predicted molar refractivity (Wildman–Crippen MR) is 76.9 cm³/mol. The lowest BCUT2D eigenvalue weighted by molar-refractivity contribution is 0.0856. The van der Waals surface area contributed by atoms with Crippen molar-refractivity contribution in [2.24, 2.45) is 5.73 Å². The molecule has 0 saturated heterocycles. The topological polar surface area (TPSA) is 47.7 Å². The Balaban J connectivity index is 4.03. The SMILES string of the molecule is CCCCCCC(CN)N(CCOC)CCOC. The van der Waals surface area contributed by atoms with Crippen LogP contribution >= 0.6 is 0 Å². The molecule has 0 rings (SSSR count). The fourth-order valence-corrected chi connectivity index (χ4v) is 2.15. The summed E-state index contributed by atoms with van der Waals surface area (Å²) in [4.78, 5) is 2.40. The van der Waals surface area contributed by atoms with Gasteiger partial charge in [-0.2, -0.15) is 0 Å². The predicted octanol–water partition coefficient (Wildman–Crippen LogP) is 1.88. The van der Waals surface area contributed by atoms with Crippen molar-refractivity contribution in [2.75, 3.05) is 47.1 Å². The van der Waals surface area contributed by atoms with Crippen LogP contribution in [0.3, 0.4) is 0 Å². The first-order valence-corrected chi connectivity index (χ1v) is 7.22. The van der Waals surface area contributed by atoms with E-state index in [1.54, 1.807) is 14.2 Å². The molecule has 0 aliphatic heterocycles. The molecule has 2 N–H and O–H groups in total. The van der Waals surface area contributed by atoms with Gasteiger partial charge in [0.15, 0.2) is 0 Å². The molecule has 1 unspecified atom stereocenters. The van der Waals surface area contributed by atoms with Gasteiger partial charge in [0.05, 0.1) is 13.2 Å². The molecule has 0 spiro atoms. The van der Waals surface area contributed by atoms with Gasteiger partial charge in [-0.15, -0.1) is 0 Å². The van der Waals surface area contributed by atoms with Crippen molar-refractivity contribution >= 4 is 0 Å². The Hall–Kier alpha value is -0.160. The molecule has 0 aromatic carbocycles. The first kappa shape index (κ1) is 17.8. The van der Waals surface area contributed by atoms with Crippen LogP contribution < -0.4 is 5.73 Å². The number of nitrogens with two attached hydrogens (primary N) is 1. The zero-order valence-corrected chi connectivity index (χ0v) is 12.5. The summed E-state index contributed by atoms with van der Waals surface area (Å²) < 4.78 is 10.3. The van der Waals surface area contributed by atoms with Gasteiger partial charge in [0.2, 0.25) is 0 Å². The van der Waals surface area contributed by atoms with Crippen LogP contribution in [-0.4, -0.2) is 58.0 Å². The number of hydrogen-bond donors (Lipinski definition) is 1. The van der Waals surface area contributed by atoms with Gasteiger partial charge in [-0.3, -0.25) is 4.90 Å². The van der Waals surface area contributed by atoms with E-state index in [0.717, 1.165) is 32.8 Å². The summed E-state index contributed by atoms with van der Waals surface area (Å²) in [5.41, 5.74) is 5.91. The summed E-state index contributed by atoms with van der Waals surface area (Å²) in [5.74, 6) is 0. The van der Waals surface area contributed by atoms with Crippen molar-refractivity contribution in [3.05, 3.63) is 0 Å². The third-order valence-corrected chi connectivity index (χ3v) is 3.34. The van der Waals surface area contributed by atoms with Crippen molar-refractivity contribution in [3.63, 3.8) is 0 Å². The van der Waals surface area contributed by atoms with Crippen LogP contribution in [0.1, 0.15) is 39.0 Å². The number of hydrogen-bond acceptors (Lipinski definition) is 4. The average molecular weight is 260 g/mol. The molecule has 0 aliphatic carbocycles. The highest BCUT2D eigenvalue weighted by molar-refractivity contribution is 4.73. The third kappa shape index (κ3) is 8.86. The standard InChI is InChI=1S/C14H32N2O2/c1-4-5-6-7-8-14(13-15)16(9-11-17-2)10-12-18-3/h14H,4-13,15H2,1-3H3. The molecule has 1 atom stereocenters. The van der Waals surface area contributed by atoms with E-state index in [1.165, 1.54) is 32.1 Å². The van der Waals surface area contributed by atoms with Crippen molar-refractivity contribution in [3.8, 4) is 0 Å². The molecule has 0 aliphatic rings. The number of rotatable bonds is 13. The van der Waals surface area contributed by atoms with E-state index in [2.05, 4.69) is 11.8 Å². The smallest absolute Gasteiger partial charge is 0.0589 e. The number of nitrogens with zero attached hydrogens (tertiary/aromatic N) is 1. The van der Waals surface area contributed by atoms with Crippen molar-refractivity contribution in [1.29, 1.82) is 0 Å². The van der Waals surface area contributed by atoms with E-state index in [1.807, 2.05) is 0 Å². The molecule has 0 radical (unpaired) electrons. The Kier molecular flexibility index (Phi) is 13.2. The van der Waals surface area contributed by atoms with Gasteiger partial charge in [-0.05, 0) is 6.42 Å². The van der Waals surface area contributed by atoms with E-state index in [4.69, 9.17) is 15.2 Å². The Morgan fingerprint density at radius 1 is 1.00 bits per heavy atom. The first-order valence-electron chi connectivity index (χ1n) is 7.22. The normalized spacial score (nSPS) is 13.2. The fraction of sp³-hybridized carbons (Fsp3) is 1.00. The summed E-state index contributed by atoms with van der Waals surface area (Å²) in [5, 5.41) is 0. The second-order valence-electron chi connectivity index (χ2n) is 4.76. The van der Waals surface area contributed by atoms with Crippen LogP contribution in [0.15, 0.2) is 0 Å². The Morgan fingerprint density at radius 2 is 1.61 bits per heavy atom. The van der Waals surface area contributed by atoms with E-state index in [9.17, 15) is 0 Å². The van der Waals surface area contributed by atoms with Crippen molar-refractivity contribution in [1.82, 2.24) is 4.90 Å². The van der Waals surface area contributed by atoms with Gasteiger partial charge < -0.3 is 15.2 Å². The summed E-state index contributed by atoms with van der Waals surface area (Å²) >= 11 is 0. The molecule has 110 valence electrons. The summed E-state index contributed by atoms with van der Waals surface area (Å²) in [6.07, 6.45) is 6.38. The monoisotopic (exact) mass is 260 g/mol. The molecule has 0 bridgehead atoms. The zero-order valence-electron chi connectivity index (χ0n) is 12.5. The molecule has 0 saturated carbocycles. The van der Waals surface area contributed by atoms with Gasteiger partial charge >= 0.3 is 0 Å². The van der Waals surface area contributed by atoms with Gasteiger partial charge in [0, 0.05) is 39.9 Å². The summed E-state index contributed by atoms with van der Waals surface area (Å²) in [7, 11) is 3.49. The van der Waals surface area contributed by atoms with E-state index in [-0.39, 0.29) is 0 Å².